The van der Waals surface area contributed by atoms with E-state index in [4.69, 9.17) is 0 Å². The van der Waals surface area contributed by atoms with E-state index in [1.54, 1.807) is 0 Å². The molecule has 53 heavy (non-hydrogen) atoms. The first-order valence-corrected chi connectivity index (χ1v) is 23.3. The Morgan fingerprint density at radius 2 is 0.830 bits per heavy atom. The minimum absolute atomic E-state index is 0.0540. The number of nitrogens with one attached hydrogen (secondary N) is 1. The molecule has 0 fully saturated rings. The second kappa shape index (κ2) is 44.7. The van der Waals surface area contributed by atoms with Gasteiger partial charge in [0.05, 0.1) is 18.8 Å². The minimum atomic E-state index is -0.672. The highest BCUT2D eigenvalue weighted by atomic mass is 16.3. The Balaban J connectivity index is 3.52. The summed E-state index contributed by atoms with van der Waals surface area (Å²) in [5.41, 5.74) is 0. The number of carbonyl (C=O) groups excluding carboxylic acids is 1. The Morgan fingerprint density at radius 1 is 0.472 bits per heavy atom. The van der Waals surface area contributed by atoms with Crippen LogP contribution in [0.5, 0.6) is 0 Å². The van der Waals surface area contributed by atoms with Crippen molar-refractivity contribution in [1.29, 1.82) is 0 Å². The van der Waals surface area contributed by atoms with E-state index in [-0.39, 0.29) is 12.5 Å². The summed E-state index contributed by atoms with van der Waals surface area (Å²) in [4.78, 5) is 12.4. The van der Waals surface area contributed by atoms with Gasteiger partial charge in [-0.15, -0.1) is 0 Å². The third kappa shape index (κ3) is 41.4. The quantitative estimate of drug-likeness (QED) is 0.0431. The summed E-state index contributed by atoms with van der Waals surface area (Å²) in [7, 11) is 0. The molecule has 0 radical (unpaired) electrons. The van der Waals surface area contributed by atoms with Gasteiger partial charge in [-0.05, 0) is 51.4 Å². The van der Waals surface area contributed by atoms with E-state index in [9.17, 15) is 15.0 Å². The first-order chi connectivity index (χ1) is 26.2. The van der Waals surface area contributed by atoms with Crippen LogP contribution in [0.1, 0.15) is 239 Å². The highest BCUT2D eigenvalue weighted by Crippen LogP contribution is 2.16. The Labute approximate surface area is 331 Å². The van der Waals surface area contributed by atoms with Crippen LogP contribution in [-0.2, 0) is 4.79 Å². The monoisotopic (exact) mass is 742 g/mol. The van der Waals surface area contributed by atoms with Gasteiger partial charge in [0.25, 0.3) is 0 Å². The number of aliphatic hydroxyl groups is 2. The van der Waals surface area contributed by atoms with Gasteiger partial charge in [0.1, 0.15) is 0 Å². The van der Waals surface area contributed by atoms with Crippen molar-refractivity contribution in [3.05, 3.63) is 48.6 Å². The molecule has 0 bridgehead atoms. The second-order valence-electron chi connectivity index (χ2n) is 15.8. The average molecular weight is 742 g/mol. The highest BCUT2D eigenvalue weighted by molar-refractivity contribution is 5.76. The molecule has 0 rings (SSSR count). The Hall–Kier alpha value is -1.65. The maximum Gasteiger partial charge on any atom is 0.220 e. The van der Waals surface area contributed by atoms with Crippen molar-refractivity contribution in [2.24, 2.45) is 0 Å². The largest absolute Gasteiger partial charge is 0.394 e. The summed E-state index contributed by atoms with van der Waals surface area (Å²) in [6, 6.07) is -0.551. The summed E-state index contributed by atoms with van der Waals surface area (Å²) in [5, 5.41) is 23.2. The molecular formula is C49H91NO3. The van der Waals surface area contributed by atoms with Gasteiger partial charge in [0, 0.05) is 6.42 Å². The summed E-state index contributed by atoms with van der Waals surface area (Å²) in [6.07, 6.45) is 60.6. The van der Waals surface area contributed by atoms with Crippen LogP contribution < -0.4 is 5.32 Å². The zero-order chi connectivity index (χ0) is 38.6. The molecule has 3 N–H and O–H groups in total. The van der Waals surface area contributed by atoms with E-state index in [1.165, 1.54) is 141 Å². The molecule has 2 unspecified atom stereocenters. The first-order valence-electron chi connectivity index (χ1n) is 23.3. The molecule has 2 atom stereocenters. The molecule has 310 valence electrons. The molecule has 0 spiro atoms. The molecule has 0 saturated carbocycles. The van der Waals surface area contributed by atoms with Gasteiger partial charge in [0.2, 0.25) is 5.91 Å². The smallest absolute Gasteiger partial charge is 0.220 e. The maximum absolute atomic E-state index is 12.4. The Morgan fingerprint density at radius 3 is 1.25 bits per heavy atom. The van der Waals surface area contributed by atoms with Crippen LogP contribution in [0.25, 0.3) is 0 Å². The SMILES string of the molecule is CC/C=C\C/C=C\C/C=C\C/C=C\CCCCCCC(=O)NC(CO)C(O)CCCCCCCCCCCCCCCCCCCCCCCCCC. The van der Waals surface area contributed by atoms with Gasteiger partial charge in [-0.25, -0.2) is 0 Å². The lowest BCUT2D eigenvalue weighted by Crippen LogP contribution is -2.45. The molecule has 4 heteroatoms. The van der Waals surface area contributed by atoms with Crippen LogP contribution >= 0.6 is 0 Å². The molecule has 0 heterocycles. The van der Waals surface area contributed by atoms with Gasteiger partial charge < -0.3 is 15.5 Å². The van der Waals surface area contributed by atoms with Crippen LogP contribution in [0.15, 0.2) is 48.6 Å². The van der Waals surface area contributed by atoms with E-state index in [0.717, 1.165) is 70.6 Å². The van der Waals surface area contributed by atoms with Crippen LogP contribution in [0.3, 0.4) is 0 Å². The molecule has 4 nitrogen and oxygen atoms in total. The van der Waals surface area contributed by atoms with Crippen molar-refractivity contribution in [1.82, 2.24) is 5.32 Å². The molecule has 0 aliphatic heterocycles. The van der Waals surface area contributed by atoms with E-state index in [0.29, 0.717) is 12.8 Å². The third-order valence-corrected chi connectivity index (χ3v) is 10.6. The molecule has 0 aromatic carbocycles. The van der Waals surface area contributed by atoms with E-state index >= 15 is 0 Å². The van der Waals surface area contributed by atoms with E-state index in [2.05, 4.69) is 67.8 Å². The molecule has 0 aromatic rings. The van der Waals surface area contributed by atoms with Crippen molar-refractivity contribution in [3.63, 3.8) is 0 Å². The van der Waals surface area contributed by atoms with Gasteiger partial charge in [-0.2, -0.15) is 0 Å². The Kier molecular flexibility index (Phi) is 43.4. The maximum atomic E-state index is 12.4. The normalized spacial score (nSPS) is 13.4. The predicted molar refractivity (Wildman–Crippen MR) is 235 cm³/mol. The van der Waals surface area contributed by atoms with Crippen LogP contribution in [-0.4, -0.2) is 34.9 Å². The number of allylic oxidation sites excluding steroid dienone is 8. The van der Waals surface area contributed by atoms with Gasteiger partial charge >= 0.3 is 0 Å². The molecule has 1 amide bonds. The summed E-state index contributed by atoms with van der Waals surface area (Å²) < 4.78 is 0. The van der Waals surface area contributed by atoms with Crippen LogP contribution in [0.2, 0.25) is 0 Å². The number of carbonyl (C=O) groups is 1. The van der Waals surface area contributed by atoms with Crippen LogP contribution in [0, 0.1) is 0 Å². The lowest BCUT2D eigenvalue weighted by molar-refractivity contribution is -0.123. The van der Waals surface area contributed by atoms with Crippen molar-refractivity contribution in [2.75, 3.05) is 6.61 Å². The number of amides is 1. The summed E-state index contributed by atoms with van der Waals surface area (Å²) >= 11 is 0. The van der Waals surface area contributed by atoms with Crippen molar-refractivity contribution in [3.8, 4) is 0 Å². The molecule has 0 aliphatic rings. The summed E-state index contributed by atoms with van der Waals surface area (Å²) in [6.45, 7) is 4.24. The van der Waals surface area contributed by atoms with Crippen molar-refractivity contribution < 1.29 is 15.0 Å². The zero-order valence-corrected chi connectivity index (χ0v) is 35.5. The highest BCUT2D eigenvalue weighted by Gasteiger charge is 2.20. The lowest BCUT2D eigenvalue weighted by atomic mass is 10.0. The van der Waals surface area contributed by atoms with E-state index in [1.807, 2.05) is 0 Å². The first kappa shape index (κ1) is 51.4. The number of hydrogen-bond acceptors (Lipinski definition) is 3. The topological polar surface area (TPSA) is 69.6 Å². The zero-order valence-electron chi connectivity index (χ0n) is 35.5. The standard InChI is InChI=1S/C49H91NO3/c1-3-5-7-9-11-13-15-17-19-21-22-23-24-25-26-27-29-30-32-34-36-38-40-42-44-48(52)47(46-51)50-49(53)45-43-41-39-37-35-33-31-28-20-18-16-14-12-10-8-6-4-2/h6,8,12,14,18,20,31,33,47-48,51-52H,3-5,7,9-11,13,15-17,19,21-30,32,34-46H2,1-2H3,(H,50,53)/b8-6-,14-12-,20-18-,33-31-. The molecule has 0 saturated heterocycles. The fourth-order valence-corrected chi connectivity index (χ4v) is 7.06. The number of rotatable bonds is 42. The number of aliphatic hydroxyl groups excluding tert-OH is 2. The van der Waals surface area contributed by atoms with Crippen molar-refractivity contribution >= 4 is 5.91 Å². The van der Waals surface area contributed by atoms with Gasteiger partial charge in [-0.3, -0.25) is 4.79 Å². The number of hydrogen-bond donors (Lipinski definition) is 3. The van der Waals surface area contributed by atoms with Gasteiger partial charge in [-0.1, -0.05) is 229 Å². The fraction of sp³-hybridized carbons (Fsp3) is 0.816. The third-order valence-electron chi connectivity index (χ3n) is 10.6. The fourth-order valence-electron chi connectivity index (χ4n) is 7.06. The van der Waals surface area contributed by atoms with Crippen LogP contribution in [0.4, 0.5) is 0 Å². The molecule has 0 aromatic heterocycles. The second-order valence-corrected chi connectivity index (χ2v) is 15.8. The Bertz CT molecular complexity index is 847. The van der Waals surface area contributed by atoms with Gasteiger partial charge in [0.15, 0.2) is 0 Å². The molecule has 0 aliphatic carbocycles. The summed E-state index contributed by atoms with van der Waals surface area (Å²) in [5.74, 6) is -0.0540. The van der Waals surface area contributed by atoms with E-state index < -0.39 is 12.1 Å². The lowest BCUT2D eigenvalue weighted by Gasteiger charge is -2.22. The van der Waals surface area contributed by atoms with Crippen molar-refractivity contribution in [2.45, 2.75) is 251 Å². The average Bonchev–Trinajstić information content (AvgIpc) is 3.16. The minimum Gasteiger partial charge on any atom is -0.394 e. The molecular weight excluding hydrogens is 651 g/mol. The predicted octanol–water partition coefficient (Wildman–Crippen LogP) is 14.7. The number of unbranched alkanes of at least 4 members (excludes halogenated alkanes) is 27.